The van der Waals surface area contributed by atoms with Crippen LogP contribution in [-0.2, 0) is 14.6 Å². The lowest BCUT2D eigenvalue weighted by atomic mass is 10.7. The Morgan fingerprint density at radius 1 is 1.55 bits per heavy atom. The molecule has 7 heteroatoms. The summed E-state index contributed by atoms with van der Waals surface area (Å²) in [6, 6.07) is 1.31. The quantitative estimate of drug-likeness (QED) is 0.344. The standard InChI is InChI=1S/C4H2F3NO3/c5-4(6,7)3(9)11-10-2-1-8/h2H2. The normalized spacial score (nSPS) is 10.4. The summed E-state index contributed by atoms with van der Waals surface area (Å²) in [4.78, 5) is 16.5. The zero-order valence-corrected chi connectivity index (χ0v) is 5.01. The van der Waals surface area contributed by atoms with Crippen molar-refractivity contribution in [1.29, 1.82) is 5.26 Å². The van der Waals surface area contributed by atoms with Gasteiger partial charge in [0.2, 0.25) is 0 Å². The van der Waals surface area contributed by atoms with Crippen LogP contribution in [0.1, 0.15) is 0 Å². The molecule has 0 heterocycles. The molecule has 0 aliphatic heterocycles. The van der Waals surface area contributed by atoms with Gasteiger partial charge in [-0.2, -0.15) is 23.3 Å². The molecule has 0 saturated heterocycles. The zero-order chi connectivity index (χ0) is 8.91. The average molecular weight is 169 g/mol. The van der Waals surface area contributed by atoms with E-state index in [2.05, 4.69) is 9.78 Å². The number of rotatable bonds is 2. The number of halogens is 3. The van der Waals surface area contributed by atoms with Gasteiger partial charge in [0.1, 0.15) is 0 Å². The molecule has 0 aliphatic carbocycles. The Hall–Kier alpha value is -1.29. The summed E-state index contributed by atoms with van der Waals surface area (Å²) in [5, 5.41) is 7.73. The number of carbonyl (C=O) groups is 1. The lowest BCUT2D eigenvalue weighted by molar-refractivity contribution is -0.295. The number of hydrogen-bond donors (Lipinski definition) is 0. The molecule has 0 unspecified atom stereocenters. The first-order chi connectivity index (χ1) is 4.98. The molecule has 0 saturated carbocycles. The highest BCUT2D eigenvalue weighted by atomic mass is 19.4. The van der Waals surface area contributed by atoms with E-state index in [1.54, 1.807) is 0 Å². The highest BCUT2D eigenvalue weighted by Crippen LogP contribution is 2.16. The van der Waals surface area contributed by atoms with E-state index in [0.29, 0.717) is 0 Å². The van der Waals surface area contributed by atoms with Gasteiger partial charge in [0.25, 0.3) is 0 Å². The van der Waals surface area contributed by atoms with Gasteiger partial charge in [-0.15, -0.1) is 0 Å². The summed E-state index contributed by atoms with van der Waals surface area (Å²) in [5.41, 5.74) is 0. The molecule has 0 aromatic carbocycles. The first-order valence-corrected chi connectivity index (χ1v) is 2.26. The fourth-order valence-corrected chi connectivity index (χ4v) is 0.157. The minimum absolute atomic E-state index is 0.734. The van der Waals surface area contributed by atoms with Crippen molar-refractivity contribution in [2.45, 2.75) is 6.18 Å². The van der Waals surface area contributed by atoms with Crippen LogP contribution < -0.4 is 0 Å². The highest BCUT2D eigenvalue weighted by Gasteiger charge is 2.42. The summed E-state index contributed by atoms with van der Waals surface area (Å²) in [6.45, 7) is -0.734. The minimum atomic E-state index is -5.09. The van der Waals surface area contributed by atoms with Gasteiger partial charge in [-0.1, -0.05) is 0 Å². The molecule has 0 aliphatic rings. The van der Waals surface area contributed by atoms with E-state index in [0.717, 1.165) is 0 Å². The Bertz CT molecular complexity index is 182. The molecular weight excluding hydrogens is 167 g/mol. The van der Waals surface area contributed by atoms with Gasteiger partial charge >= 0.3 is 12.1 Å². The first-order valence-electron chi connectivity index (χ1n) is 2.26. The number of nitrogens with zero attached hydrogens (tertiary/aromatic N) is 1. The predicted octanol–water partition coefficient (Wildman–Crippen LogP) is 0.547. The SMILES string of the molecule is N#CCOOC(=O)C(F)(F)F. The van der Waals surface area contributed by atoms with E-state index in [1.165, 1.54) is 6.07 Å². The van der Waals surface area contributed by atoms with E-state index in [9.17, 15) is 18.0 Å². The van der Waals surface area contributed by atoms with E-state index in [4.69, 9.17) is 5.26 Å². The second kappa shape index (κ2) is 3.78. The Kier molecular flexibility index (Phi) is 3.33. The van der Waals surface area contributed by atoms with Crippen molar-refractivity contribution in [3.63, 3.8) is 0 Å². The summed E-state index contributed by atoms with van der Waals surface area (Å²) >= 11 is 0. The molecule has 11 heavy (non-hydrogen) atoms. The molecule has 0 N–H and O–H groups in total. The smallest absolute Gasteiger partial charge is 0.287 e. The minimum Gasteiger partial charge on any atom is -0.287 e. The lowest BCUT2D eigenvalue weighted by Gasteiger charge is -2.02. The third kappa shape index (κ3) is 4.16. The second-order valence-electron chi connectivity index (χ2n) is 1.29. The fraction of sp³-hybridized carbons (Fsp3) is 0.500. The largest absolute Gasteiger partial charge is 0.494 e. The molecule has 0 radical (unpaired) electrons. The summed E-state index contributed by atoms with van der Waals surface area (Å²) in [6.07, 6.45) is -5.09. The number of carbonyl (C=O) groups excluding carboxylic acids is 1. The number of nitriles is 1. The van der Waals surface area contributed by atoms with Gasteiger partial charge in [-0.3, -0.25) is 4.89 Å². The maximum atomic E-state index is 11.2. The van der Waals surface area contributed by atoms with Crippen LogP contribution in [-0.4, -0.2) is 18.8 Å². The summed E-state index contributed by atoms with van der Waals surface area (Å²) in [5.74, 6) is -2.48. The van der Waals surface area contributed by atoms with Crippen LogP contribution >= 0.6 is 0 Å². The van der Waals surface area contributed by atoms with Crippen molar-refractivity contribution < 1.29 is 27.7 Å². The molecule has 0 amide bonds. The van der Waals surface area contributed by atoms with Crippen LogP contribution in [0.25, 0.3) is 0 Å². The van der Waals surface area contributed by atoms with Gasteiger partial charge in [0.05, 0.1) is 6.07 Å². The Labute approximate surface area is 59.0 Å². The molecular formula is C4H2F3NO3. The molecule has 0 aromatic heterocycles. The zero-order valence-electron chi connectivity index (χ0n) is 5.01. The van der Waals surface area contributed by atoms with E-state index >= 15 is 0 Å². The molecule has 0 rings (SSSR count). The molecule has 62 valence electrons. The Balaban J connectivity index is 3.64. The van der Waals surface area contributed by atoms with Crippen molar-refractivity contribution in [1.82, 2.24) is 0 Å². The van der Waals surface area contributed by atoms with Gasteiger partial charge in [0, 0.05) is 0 Å². The predicted molar refractivity (Wildman–Crippen MR) is 23.7 cm³/mol. The van der Waals surface area contributed by atoms with Crippen LogP contribution in [0.15, 0.2) is 0 Å². The maximum Gasteiger partial charge on any atom is 0.494 e. The van der Waals surface area contributed by atoms with Crippen LogP contribution in [0.2, 0.25) is 0 Å². The van der Waals surface area contributed by atoms with Gasteiger partial charge < -0.3 is 0 Å². The van der Waals surface area contributed by atoms with Crippen molar-refractivity contribution in [3.05, 3.63) is 0 Å². The lowest BCUT2D eigenvalue weighted by Crippen LogP contribution is -2.25. The highest BCUT2D eigenvalue weighted by molar-refractivity contribution is 5.74. The van der Waals surface area contributed by atoms with E-state index in [-0.39, 0.29) is 0 Å². The molecule has 0 fully saturated rings. The van der Waals surface area contributed by atoms with Gasteiger partial charge in [0.15, 0.2) is 6.61 Å². The second-order valence-corrected chi connectivity index (χ2v) is 1.29. The fourth-order valence-electron chi connectivity index (χ4n) is 0.157. The van der Waals surface area contributed by atoms with Crippen molar-refractivity contribution in [2.75, 3.05) is 6.61 Å². The molecule has 0 atom stereocenters. The third-order valence-electron chi connectivity index (χ3n) is 0.490. The van der Waals surface area contributed by atoms with Crippen LogP contribution in [0.5, 0.6) is 0 Å². The Morgan fingerprint density at radius 3 is 2.45 bits per heavy atom. The number of hydrogen-bond acceptors (Lipinski definition) is 4. The van der Waals surface area contributed by atoms with Crippen molar-refractivity contribution >= 4 is 5.97 Å². The van der Waals surface area contributed by atoms with Gasteiger partial charge in [-0.25, -0.2) is 4.79 Å². The van der Waals surface area contributed by atoms with E-state index < -0.39 is 18.8 Å². The van der Waals surface area contributed by atoms with Crippen molar-refractivity contribution in [2.24, 2.45) is 0 Å². The molecule has 0 bridgehead atoms. The molecule has 0 aromatic rings. The average Bonchev–Trinajstić information content (AvgIpc) is 1.86. The first kappa shape index (κ1) is 9.71. The topological polar surface area (TPSA) is 59.3 Å². The summed E-state index contributed by atoms with van der Waals surface area (Å²) in [7, 11) is 0. The number of alkyl halides is 3. The summed E-state index contributed by atoms with van der Waals surface area (Å²) < 4.78 is 33.7. The molecule has 0 spiro atoms. The Morgan fingerprint density at radius 2 is 2.09 bits per heavy atom. The third-order valence-corrected chi connectivity index (χ3v) is 0.490. The van der Waals surface area contributed by atoms with Crippen LogP contribution in [0.3, 0.4) is 0 Å². The van der Waals surface area contributed by atoms with E-state index in [1.807, 2.05) is 0 Å². The van der Waals surface area contributed by atoms with Crippen molar-refractivity contribution in [3.8, 4) is 6.07 Å². The van der Waals surface area contributed by atoms with Gasteiger partial charge in [-0.05, 0) is 0 Å². The van der Waals surface area contributed by atoms with Crippen LogP contribution in [0, 0.1) is 11.3 Å². The maximum absolute atomic E-state index is 11.2. The molecule has 4 nitrogen and oxygen atoms in total. The van der Waals surface area contributed by atoms with Crippen LogP contribution in [0.4, 0.5) is 13.2 Å². The monoisotopic (exact) mass is 169 g/mol.